The van der Waals surface area contributed by atoms with E-state index in [9.17, 15) is 28.4 Å². The molecule has 1 spiro atoms. The number of ether oxygens (including phenoxy) is 2. The molecular weight excluding hydrogens is 940 g/mol. The molecule has 3 saturated heterocycles. The van der Waals surface area contributed by atoms with Gasteiger partial charge in [-0.15, -0.1) is 0 Å². The van der Waals surface area contributed by atoms with Crippen molar-refractivity contribution in [2.45, 2.75) is 113 Å². The number of likely N-dealkylation sites (tertiary alicyclic amines) is 2. The topological polar surface area (TPSA) is 195 Å². The van der Waals surface area contributed by atoms with E-state index >= 15 is 4.39 Å². The predicted molar refractivity (Wildman–Crippen MR) is 274 cm³/mol. The number of fused-ring (bicyclic) bond motifs is 1. The van der Waals surface area contributed by atoms with Crippen LogP contribution in [0, 0.1) is 27.3 Å². The zero-order valence-corrected chi connectivity index (χ0v) is 42.3. The maximum atomic E-state index is 15.1. The fourth-order valence-corrected chi connectivity index (χ4v) is 12.8. The van der Waals surface area contributed by atoms with Gasteiger partial charge in [0.15, 0.2) is 5.75 Å². The second kappa shape index (κ2) is 20.2. The molecule has 384 valence electrons. The van der Waals surface area contributed by atoms with E-state index in [1.807, 2.05) is 0 Å². The van der Waals surface area contributed by atoms with Crippen LogP contribution in [0.3, 0.4) is 0 Å². The van der Waals surface area contributed by atoms with Gasteiger partial charge in [-0.1, -0.05) is 44.5 Å². The van der Waals surface area contributed by atoms with Crippen molar-refractivity contribution in [2.75, 3.05) is 69.2 Å². The molecule has 0 unspecified atom stereocenters. The Labute approximate surface area is 420 Å². The van der Waals surface area contributed by atoms with Crippen molar-refractivity contribution in [1.82, 2.24) is 24.5 Å². The molecule has 72 heavy (non-hydrogen) atoms. The van der Waals surface area contributed by atoms with Crippen LogP contribution in [0.1, 0.15) is 118 Å². The van der Waals surface area contributed by atoms with E-state index in [-0.39, 0.29) is 57.6 Å². The summed E-state index contributed by atoms with van der Waals surface area (Å²) in [7, 11) is -4.67. The number of hydrogen-bond donors (Lipinski definition) is 4. The number of aromatic nitrogens is 2. The molecule has 16 nitrogen and oxygen atoms in total. The van der Waals surface area contributed by atoms with Crippen LogP contribution in [-0.4, -0.2) is 115 Å². The maximum absolute atomic E-state index is 15.1. The monoisotopic (exact) mass is 1010 g/mol. The SMILES string of the molecule is CC(C)c1ccccc1[C@@H]1CCC[C@@H]1N1CC2(CCN(c3ccc(C(=O)NS(=O)(=O)c4ccc(NCC5CCC(C)(O)CC5)c([N+](=O)[O-])c4)c(Oc4cc5c(F)c[nH]c5nc4OCCN4CCC4)c3)CC2)C1. The number of benzene rings is 3. The Kier molecular flexibility index (Phi) is 14.0. The lowest BCUT2D eigenvalue weighted by molar-refractivity contribution is -0.384. The lowest BCUT2D eigenvalue weighted by Crippen LogP contribution is -2.63. The third-order valence-corrected chi connectivity index (χ3v) is 17.6. The molecule has 18 heteroatoms. The Balaban J connectivity index is 0.884. The summed E-state index contributed by atoms with van der Waals surface area (Å²) in [6.45, 7) is 13.3. The Morgan fingerprint density at radius 2 is 1.74 bits per heavy atom. The molecule has 4 N–H and O–H groups in total. The third kappa shape index (κ3) is 10.5. The Hall–Kier alpha value is -5.82. The molecule has 1 amide bonds. The van der Waals surface area contributed by atoms with Gasteiger partial charge >= 0.3 is 0 Å². The van der Waals surface area contributed by atoms with Gasteiger partial charge in [0.2, 0.25) is 0 Å². The Morgan fingerprint density at radius 1 is 0.972 bits per heavy atom. The van der Waals surface area contributed by atoms with Gasteiger partial charge < -0.3 is 29.8 Å². The number of H-pyrrole nitrogens is 1. The van der Waals surface area contributed by atoms with Gasteiger partial charge in [-0.3, -0.25) is 24.7 Å². The van der Waals surface area contributed by atoms with Crippen LogP contribution in [0.25, 0.3) is 11.0 Å². The summed E-state index contributed by atoms with van der Waals surface area (Å²) in [5.41, 5.74) is 2.99. The van der Waals surface area contributed by atoms with Gasteiger partial charge in [0.05, 0.1) is 26.4 Å². The summed E-state index contributed by atoms with van der Waals surface area (Å²) in [6, 6.07) is 19.4. The number of piperidine rings is 1. The van der Waals surface area contributed by atoms with Crippen molar-refractivity contribution in [2.24, 2.45) is 11.3 Å². The first kappa shape index (κ1) is 49.7. The van der Waals surface area contributed by atoms with Crippen molar-refractivity contribution in [1.29, 1.82) is 0 Å². The standard InChI is InChI=1S/C54H67FN8O8S/c1-35(2)39-8-4-5-9-40(39)41-10-6-11-46(41)62-33-54(34-62)20-24-61(25-21-54)37-12-14-42(48(28-37)71-49-30-43-44(55)32-57-50(43)58-52(49)70-27-26-60-22-7-23-60)51(64)59-72(68,69)38-13-15-45(47(29-38)63(66)67)56-31-36-16-18-53(3,65)19-17-36/h4-5,8-9,12-15,28-30,32,35-36,41,46,56,65H,6-7,10-11,16-27,31,33-34H2,1-3H3,(H,57,58)(H,59,64)/t36?,41-,46-,53?/m0/s1. The number of carbonyl (C=O) groups excluding carboxylic acids is 1. The van der Waals surface area contributed by atoms with Gasteiger partial charge in [-0.2, -0.15) is 4.98 Å². The smallest absolute Gasteiger partial charge is 0.293 e. The molecule has 2 saturated carbocycles. The fourth-order valence-electron chi connectivity index (χ4n) is 11.8. The Bertz CT molecular complexity index is 2920. The van der Waals surface area contributed by atoms with Gasteiger partial charge in [0.1, 0.15) is 29.5 Å². The van der Waals surface area contributed by atoms with Crippen LogP contribution in [0.15, 0.2) is 77.8 Å². The minimum atomic E-state index is -4.67. The number of aromatic amines is 1. The van der Waals surface area contributed by atoms with Crippen LogP contribution in [0.5, 0.6) is 17.4 Å². The summed E-state index contributed by atoms with van der Waals surface area (Å²) in [6.07, 6.45) is 10.6. The minimum Gasteiger partial charge on any atom is -0.474 e. The number of carbonyl (C=O) groups is 1. The molecule has 2 aliphatic carbocycles. The van der Waals surface area contributed by atoms with E-state index in [0.29, 0.717) is 43.8 Å². The molecule has 3 aromatic carbocycles. The number of hydrogen-bond acceptors (Lipinski definition) is 13. The van der Waals surface area contributed by atoms with Crippen LogP contribution >= 0.6 is 0 Å². The maximum Gasteiger partial charge on any atom is 0.293 e. The van der Waals surface area contributed by atoms with Crippen LogP contribution in [0.2, 0.25) is 0 Å². The lowest BCUT2D eigenvalue weighted by Gasteiger charge is -2.57. The molecule has 2 atom stereocenters. The van der Waals surface area contributed by atoms with E-state index in [1.165, 1.54) is 60.9 Å². The second-order valence-corrected chi connectivity index (χ2v) is 23.3. The molecule has 2 aromatic heterocycles. The number of halogens is 1. The molecule has 3 aliphatic heterocycles. The first-order valence-corrected chi connectivity index (χ1v) is 27.3. The zero-order valence-electron chi connectivity index (χ0n) is 41.5. The molecule has 5 aromatic rings. The second-order valence-electron chi connectivity index (χ2n) is 21.6. The van der Waals surface area contributed by atoms with Gasteiger partial charge in [-0.05, 0) is 136 Å². The van der Waals surface area contributed by atoms with Crippen molar-refractivity contribution in [3.05, 3.63) is 106 Å². The van der Waals surface area contributed by atoms with Crippen molar-refractivity contribution in [3.63, 3.8) is 0 Å². The molecular formula is C54H67FN8O8S. The number of amides is 1. The van der Waals surface area contributed by atoms with Crippen LogP contribution in [0.4, 0.5) is 21.5 Å². The molecule has 0 radical (unpaired) electrons. The summed E-state index contributed by atoms with van der Waals surface area (Å²) in [5, 5.41) is 25.9. The summed E-state index contributed by atoms with van der Waals surface area (Å²) < 4.78 is 57.8. The number of nitro benzene ring substituents is 1. The Morgan fingerprint density at radius 3 is 2.46 bits per heavy atom. The minimum absolute atomic E-state index is 0.0105. The molecule has 0 bridgehead atoms. The molecule has 5 heterocycles. The highest BCUT2D eigenvalue weighted by Crippen LogP contribution is 2.49. The number of aliphatic hydroxyl groups is 1. The number of sulfonamides is 1. The normalized spacial score (nSPS) is 23.5. The third-order valence-electron chi connectivity index (χ3n) is 16.3. The quantitative estimate of drug-likeness (QED) is 0.0509. The van der Waals surface area contributed by atoms with Crippen molar-refractivity contribution in [3.8, 4) is 17.4 Å². The lowest BCUT2D eigenvalue weighted by atomic mass is 9.70. The first-order chi connectivity index (χ1) is 34.5. The van der Waals surface area contributed by atoms with E-state index in [1.54, 1.807) is 19.1 Å². The van der Waals surface area contributed by atoms with Crippen molar-refractivity contribution < 1.29 is 37.1 Å². The number of nitrogens with zero attached hydrogens (tertiary/aromatic N) is 5. The number of nitro groups is 1. The van der Waals surface area contributed by atoms with Gasteiger partial charge in [0, 0.05) is 75.4 Å². The van der Waals surface area contributed by atoms with E-state index in [2.05, 4.69) is 72.8 Å². The molecule has 5 fully saturated rings. The average molecular weight is 1010 g/mol. The average Bonchev–Trinajstić information content (AvgIpc) is 3.97. The number of anilines is 2. The number of rotatable bonds is 17. The first-order valence-electron chi connectivity index (χ1n) is 25.8. The number of nitrogens with one attached hydrogen (secondary N) is 3. The summed E-state index contributed by atoms with van der Waals surface area (Å²) >= 11 is 0. The number of pyridine rings is 1. The molecule has 10 rings (SSSR count). The van der Waals surface area contributed by atoms with Crippen LogP contribution < -0.4 is 24.4 Å². The predicted octanol–water partition coefficient (Wildman–Crippen LogP) is 9.32. The van der Waals surface area contributed by atoms with E-state index in [0.717, 1.165) is 83.1 Å². The van der Waals surface area contributed by atoms with Crippen LogP contribution in [-0.2, 0) is 10.0 Å². The van der Waals surface area contributed by atoms with E-state index in [4.69, 9.17) is 9.47 Å². The highest BCUT2D eigenvalue weighted by Gasteiger charge is 2.49. The van der Waals surface area contributed by atoms with E-state index < -0.39 is 42.9 Å². The fraction of sp³-hybridized carbons (Fsp3) is 0.519. The zero-order chi connectivity index (χ0) is 50.4. The summed E-state index contributed by atoms with van der Waals surface area (Å²) in [4.78, 5) is 40.0. The highest BCUT2D eigenvalue weighted by atomic mass is 32.2. The highest BCUT2D eigenvalue weighted by molar-refractivity contribution is 7.90. The van der Waals surface area contributed by atoms with Gasteiger partial charge in [-0.25, -0.2) is 17.5 Å². The largest absolute Gasteiger partial charge is 0.474 e. The summed E-state index contributed by atoms with van der Waals surface area (Å²) in [5.74, 6) is -0.315. The van der Waals surface area contributed by atoms with Gasteiger partial charge in [0.25, 0.3) is 27.5 Å². The molecule has 5 aliphatic rings. The van der Waals surface area contributed by atoms with Crippen molar-refractivity contribution >= 4 is 44.0 Å².